The molecule has 12 heavy (non-hydrogen) atoms. The van der Waals surface area contributed by atoms with Gasteiger partial charge in [-0.15, -0.1) is 0 Å². The van der Waals surface area contributed by atoms with Gasteiger partial charge in [-0.05, 0) is 0 Å². The highest BCUT2D eigenvalue weighted by atomic mass is 31.2. The van der Waals surface area contributed by atoms with E-state index in [4.69, 9.17) is 24.6 Å². The van der Waals surface area contributed by atoms with E-state index in [1.54, 1.807) is 13.8 Å². The van der Waals surface area contributed by atoms with Crippen LogP contribution in [0.2, 0.25) is 0 Å². The lowest BCUT2D eigenvalue weighted by molar-refractivity contribution is 0.0857. The Hall–Kier alpha value is 0.0300. The van der Waals surface area contributed by atoms with Gasteiger partial charge in [-0.3, -0.25) is 0 Å². The van der Waals surface area contributed by atoms with Crippen LogP contribution in [0.1, 0.15) is 13.8 Å². The van der Waals surface area contributed by atoms with E-state index in [-0.39, 0.29) is 18.6 Å². The summed E-state index contributed by atoms with van der Waals surface area (Å²) in [5.41, 5.74) is 3.72. The maximum absolute atomic E-state index is 9.10. The molecule has 0 rings (SSSR count). The largest absolute Gasteiger partial charge is 0.397 e. The van der Waals surface area contributed by atoms with Crippen molar-refractivity contribution in [2.24, 2.45) is 10.9 Å². The molecule has 7 heteroatoms. The van der Waals surface area contributed by atoms with Crippen molar-refractivity contribution in [2.75, 3.05) is 13.2 Å². The fraction of sp³-hybridized carbons (Fsp3) is 1.00. The van der Waals surface area contributed by atoms with E-state index in [0.29, 0.717) is 0 Å². The summed E-state index contributed by atoms with van der Waals surface area (Å²) < 4.78 is 9.10. The molecule has 0 spiro atoms. The van der Waals surface area contributed by atoms with Crippen molar-refractivity contribution in [2.45, 2.75) is 13.8 Å². The summed E-state index contributed by atoms with van der Waals surface area (Å²) in [6.07, 6.45) is 0. The van der Waals surface area contributed by atoms with Gasteiger partial charge in [0.25, 0.3) is 0 Å². The second kappa shape index (κ2) is 5.64. The normalized spacial score (nSPS) is 11.9. The Morgan fingerprint density at radius 1 is 1.25 bits per heavy atom. The van der Waals surface area contributed by atoms with E-state index >= 15 is 0 Å². The average molecular weight is 201 g/mol. The number of aliphatic hydroxyl groups is 2. The number of hydrogen-bond acceptors (Lipinski definition) is 3. The van der Waals surface area contributed by atoms with Crippen LogP contribution in [0, 0.1) is 5.41 Å². The summed E-state index contributed by atoms with van der Waals surface area (Å²) in [4.78, 5) is 14.8. The molecule has 0 saturated heterocycles. The highest BCUT2D eigenvalue weighted by molar-refractivity contribution is 7.49. The predicted molar refractivity (Wildman–Crippen MR) is 44.2 cm³/mol. The zero-order chi connectivity index (χ0) is 10.4. The molecule has 6 N–H and O–H groups in total. The lowest BCUT2D eigenvalue weighted by Gasteiger charge is -2.16. The highest BCUT2D eigenvalue weighted by Gasteiger charge is 2.13. The summed E-state index contributed by atoms with van der Waals surface area (Å²) >= 11 is 0. The maximum atomic E-state index is 9.10. The first-order valence-corrected chi connectivity index (χ1v) is 4.86. The molecule has 0 heterocycles. The smallest absolute Gasteiger partial charge is 0.396 e. The van der Waals surface area contributed by atoms with Gasteiger partial charge in [-0.1, -0.05) is 13.8 Å². The molecule has 0 fully saturated rings. The van der Waals surface area contributed by atoms with Crippen LogP contribution in [0.25, 0.3) is 0 Å². The molecule has 76 valence electrons. The molecule has 0 aliphatic carbocycles. The third-order valence-electron chi connectivity index (χ3n) is 0.856. The first-order valence-electron chi connectivity index (χ1n) is 3.18. The van der Waals surface area contributed by atoms with Crippen LogP contribution >= 0.6 is 7.75 Å². The Bertz CT molecular complexity index is 140. The van der Waals surface area contributed by atoms with E-state index < -0.39 is 7.75 Å². The SMILES string of the molecule is CC(C)(CO)CO.NP(=O)(O)O. The first kappa shape index (κ1) is 14.5. The number of aliphatic hydroxyl groups excluding tert-OH is 2. The molecule has 0 atom stereocenters. The minimum Gasteiger partial charge on any atom is -0.396 e. The molecule has 0 saturated carbocycles. The van der Waals surface area contributed by atoms with E-state index in [1.165, 1.54) is 0 Å². The van der Waals surface area contributed by atoms with Crippen LogP contribution in [-0.4, -0.2) is 33.2 Å². The van der Waals surface area contributed by atoms with Gasteiger partial charge in [0.05, 0.1) is 13.2 Å². The molecule has 6 nitrogen and oxygen atoms in total. The van der Waals surface area contributed by atoms with Gasteiger partial charge in [-0.2, -0.15) is 0 Å². The van der Waals surface area contributed by atoms with E-state index in [9.17, 15) is 0 Å². The first-order chi connectivity index (χ1) is 5.12. The Morgan fingerprint density at radius 2 is 1.42 bits per heavy atom. The molecule has 0 aromatic heterocycles. The maximum Gasteiger partial charge on any atom is 0.397 e. The minimum absolute atomic E-state index is 0.0451. The molecular formula is C5H16NO5P. The van der Waals surface area contributed by atoms with Crippen LogP contribution in [0.15, 0.2) is 0 Å². The van der Waals surface area contributed by atoms with Crippen molar-refractivity contribution in [3.05, 3.63) is 0 Å². The lowest BCUT2D eigenvalue weighted by Crippen LogP contribution is -2.20. The summed E-state index contributed by atoms with van der Waals surface area (Å²) in [7, 11) is -4.14. The van der Waals surface area contributed by atoms with Crippen molar-refractivity contribution >= 4 is 7.75 Å². The Morgan fingerprint density at radius 3 is 1.42 bits per heavy atom. The van der Waals surface area contributed by atoms with Crippen LogP contribution in [0.3, 0.4) is 0 Å². The Balaban J connectivity index is 0. The molecule has 0 bridgehead atoms. The van der Waals surface area contributed by atoms with Crippen molar-refractivity contribution in [1.82, 2.24) is 0 Å². The molecule has 0 aliphatic heterocycles. The summed E-state index contributed by atoms with van der Waals surface area (Å²) in [6.45, 7) is 3.69. The molecular weight excluding hydrogens is 185 g/mol. The molecule has 0 aliphatic rings. The van der Waals surface area contributed by atoms with E-state index in [1.807, 2.05) is 0 Å². The second-order valence-electron chi connectivity index (χ2n) is 3.07. The van der Waals surface area contributed by atoms with Gasteiger partial charge in [0.1, 0.15) is 0 Å². The average Bonchev–Trinajstić information content (AvgIpc) is 1.85. The molecule has 0 aromatic rings. The Kier molecular flexibility index (Phi) is 6.83. The molecule has 0 amide bonds. The molecule has 0 radical (unpaired) electrons. The third kappa shape index (κ3) is 22.5. The fourth-order valence-electron chi connectivity index (χ4n) is 0.0500. The second-order valence-corrected chi connectivity index (χ2v) is 4.25. The van der Waals surface area contributed by atoms with Gasteiger partial charge in [0.2, 0.25) is 0 Å². The van der Waals surface area contributed by atoms with Crippen LogP contribution < -0.4 is 5.50 Å². The molecule has 0 unspecified atom stereocenters. The van der Waals surface area contributed by atoms with Crippen molar-refractivity contribution in [3.8, 4) is 0 Å². The zero-order valence-corrected chi connectivity index (χ0v) is 8.03. The quantitative estimate of drug-likeness (QED) is 0.366. The number of hydrogen-bond donors (Lipinski definition) is 5. The lowest BCUT2D eigenvalue weighted by atomic mass is 9.97. The van der Waals surface area contributed by atoms with Crippen molar-refractivity contribution < 1.29 is 24.6 Å². The van der Waals surface area contributed by atoms with Gasteiger partial charge < -0.3 is 20.0 Å². The van der Waals surface area contributed by atoms with Crippen LogP contribution in [0.4, 0.5) is 0 Å². The Labute approximate surface area is 71.2 Å². The minimum atomic E-state index is -4.14. The van der Waals surface area contributed by atoms with Crippen molar-refractivity contribution in [3.63, 3.8) is 0 Å². The summed E-state index contributed by atoms with van der Waals surface area (Å²) in [6, 6.07) is 0. The predicted octanol–water partition coefficient (Wildman–Crippen LogP) is -0.965. The van der Waals surface area contributed by atoms with Crippen molar-refractivity contribution in [1.29, 1.82) is 0 Å². The van der Waals surface area contributed by atoms with Gasteiger partial charge in [0.15, 0.2) is 0 Å². The monoisotopic (exact) mass is 201 g/mol. The highest BCUT2D eigenvalue weighted by Crippen LogP contribution is 2.20. The summed E-state index contributed by atoms with van der Waals surface area (Å²) in [5, 5.41) is 16.9. The fourth-order valence-corrected chi connectivity index (χ4v) is 0.0500. The van der Waals surface area contributed by atoms with E-state index in [2.05, 4.69) is 5.50 Å². The van der Waals surface area contributed by atoms with Crippen LogP contribution in [-0.2, 0) is 4.57 Å². The standard InChI is InChI=1S/C5H12O2.H4NO3P/c1-5(2,3-6)4-7;1-5(2,3)4/h6-7H,3-4H2,1-2H3;(H4,1,2,3,4). The summed E-state index contributed by atoms with van der Waals surface area (Å²) in [5.74, 6) is 0. The zero-order valence-electron chi connectivity index (χ0n) is 7.14. The molecule has 0 aromatic carbocycles. The number of rotatable bonds is 2. The van der Waals surface area contributed by atoms with E-state index in [0.717, 1.165) is 0 Å². The topological polar surface area (TPSA) is 124 Å². The number of nitrogens with two attached hydrogens (primary N) is 1. The van der Waals surface area contributed by atoms with Gasteiger partial charge >= 0.3 is 7.75 Å². The van der Waals surface area contributed by atoms with Gasteiger partial charge in [-0.25, -0.2) is 10.1 Å². The third-order valence-corrected chi connectivity index (χ3v) is 0.856. The van der Waals surface area contributed by atoms with Gasteiger partial charge in [0, 0.05) is 5.41 Å². The van der Waals surface area contributed by atoms with Crippen LogP contribution in [0.5, 0.6) is 0 Å².